The zero-order chi connectivity index (χ0) is 20.1. The highest BCUT2D eigenvalue weighted by Crippen LogP contribution is 2.21. The van der Waals surface area contributed by atoms with Crippen LogP contribution in [0.5, 0.6) is 5.75 Å². The minimum Gasteiger partial charge on any atom is -0.485 e. The van der Waals surface area contributed by atoms with E-state index >= 15 is 0 Å². The second kappa shape index (κ2) is 8.87. The summed E-state index contributed by atoms with van der Waals surface area (Å²) in [6, 6.07) is 15.0. The minimum atomic E-state index is -0.140. The lowest BCUT2D eigenvalue weighted by molar-refractivity contribution is 0.102. The van der Waals surface area contributed by atoms with Gasteiger partial charge in [0, 0.05) is 24.7 Å². The fraction of sp³-hybridized carbons (Fsp3) is 0.318. The highest BCUT2D eigenvalue weighted by molar-refractivity contribution is 6.04. The Morgan fingerprint density at radius 2 is 1.90 bits per heavy atom. The van der Waals surface area contributed by atoms with E-state index in [-0.39, 0.29) is 12.5 Å². The zero-order valence-corrected chi connectivity index (χ0v) is 16.4. The number of aromatic nitrogens is 2. The lowest BCUT2D eigenvalue weighted by Gasteiger charge is -2.18. The quantitative estimate of drug-likeness (QED) is 0.659. The molecule has 7 heteroatoms. The van der Waals surface area contributed by atoms with Crippen LogP contribution in [-0.4, -0.2) is 34.0 Å². The van der Waals surface area contributed by atoms with Crippen molar-refractivity contribution in [2.24, 2.45) is 0 Å². The first kappa shape index (κ1) is 19.1. The summed E-state index contributed by atoms with van der Waals surface area (Å²) in [5.41, 5.74) is 2.57. The third-order valence-electron chi connectivity index (χ3n) is 4.91. The third kappa shape index (κ3) is 5.00. The number of anilines is 1. The van der Waals surface area contributed by atoms with Gasteiger partial charge in [-0.05, 0) is 61.8 Å². The maximum Gasteiger partial charge on any atom is 0.255 e. The summed E-state index contributed by atoms with van der Waals surface area (Å²) in [5, 5.41) is 6.83. The number of benzene rings is 2. The molecule has 0 saturated carbocycles. The third-order valence-corrected chi connectivity index (χ3v) is 4.91. The van der Waals surface area contributed by atoms with Gasteiger partial charge in [0.1, 0.15) is 5.75 Å². The lowest BCUT2D eigenvalue weighted by Crippen LogP contribution is -2.20. The van der Waals surface area contributed by atoms with Crippen LogP contribution in [0.3, 0.4) is 0 Å². The maximum absolute atomic E-state index is 12.7. The van der Waals surface area contributed by atoms with Crippen molar-refractivity contribution in [1.82, 2.24) is 15.0 Å². The van der Waals surface area contributed by atoms with Crippen LogP contribution in [-0.2, 0) is 13.2 Å². The number of ether oxygens (including phenoxy) is 1. The van der Waals surface area contributed by atoms with E-state index < -0.39 is 0 Å². The van der Waals surface area contributed by atoms with Crippen molar-refractivity contribution in [1.29, 1.82) is 0 Å². The van der Waals surface area contributed by atoms with Crippen LogP contribution in [0.1, 0.15) is 40.5 Å². The van der Waals surface area contributed by atoms with E-state index in [1.54, 1.807) is 31.2 Å². The second-order valence-electron chi connectivity index (χ2n) is 7.14. The molecule has 1 aromatic heterocycles. The summed E-state index contributed by atoms with van der Waals surface area (Å²) >= 11 is 0. The lowest BCUT2D eigenvalue weighted by atomic mass is 10.1. The molecule has 0 aliphatic carbocycles. The molecule has 1 aliphatic rings. The van der Waals surface area contributed by atoms with Gasteiger partial charge in [-0.1, -0.05) is 23.4 Å². The van der Waals surface area contributed by atoms with E-state index in [4.69, 9.17) is 9.26 Å². The standard InChI is InChI=1S/C22H24N4O3/c1-16-23-21(25-29-16)15-28-19-10-8-17(9-11-19)22(27)24-20-7-3-2-6-18(20)14-26-12-4-5-13-26/h2-3,6-11H,4-5,12-15H2,1H3,(H,24,27). The predicted molar refractivity (Wildman–Crippen MR) is 109 cm³/mol. The van der Waals surface area contributed by atoms with Crippen molar-refractivity contribution in [3.05, 3.63) is 71.4 Å². The Kier molecular flexibility index (Phi) is 5.86. The summed E-state index contributed by atoms with van der Waals surface area (Å²) in [6.45, 7) is 5.04. The zero-order valence-electron chi connectivity index (χ0n) is 16.4. The summed E-state index contributed by atoms with van der Waals surface area (Å²) < 4.78 is 10.5. The minimum absolute atomic E-state index is 0.140. The number of hydrogen-bond acceptors (Lipinski definition) is 6. The number of hydrogen-bond donors (Lipinski definition) is 1. The highest BCUT2D eigenvalue weighted by Gasteiger charge is 2.15. The molecule has 29 heavy (non-hydrogen) atoms. The Morgan fingerprint density at radius 3 is 2.62 bits per heavy atom. The van der Waals surface area contributed by atoms with Gasteiger partial charge in [0.25, 0.3) is 5.91 Å². The van der Waals surface area contributed by atoms with Crippen LogP contribution < -0.4 is 10.1 Å². The number of carbonyl (C=O) groups excluding carboxylic acids is 1. The Labute approximate surface area is 169 Å². The number of carbonyl (C=O) groups is 1. The normalized spacial score (nSPS) is 14.1. The van der Waals surface area contributed by atoms with Crippen molar-refractivity contribution in [3.8, 4) is 5.75 Å². The molecule has 0 bridgehead atoms. The predicted octanol–water partition coefficient (Wildman–Crippen LogP) is 3.81. The van der Waals surface area contributed by atoms with Crippen LogP contribution in [0, 0.1) is 6.92 Å². The molecule has 3 aromatic rings. The second-order valence-corrected chi connectivity index (χ2v) is 7.14. The van der Waals surface area contributed by atoms with Gasteiger partial charge in [0.2, 0.25) is 11.7 Å². The van der Waals surface area contributed by atoms with E-state index in [1.165, 1.54) is 12.8 Å². The molecule has 0 spiro atoms. The van der Waals surface area contributed by atoms with E-state index in [9.17, 15) is 4.79 Å². The molecular formula is C22H24N4O3. The van der Waals surface area contributed by atoms with Crippen molar-refractivity contribution in [2.45, 2.75) is 32.9 Å². The Bertz CT molecular complexity index is 962. The molecule has 7 nitrogen and oxygen atoms in total. The molecule has 2 aromatic carbocycles. The summed E-state index contributed by atoms with van der Waals surface area (Å²) in [6.07, 6.45) is 2.49. The number of nitrogens with one attached hydrogen (secondary N) is 1. The average Bonchev–Trinajstić information content (AvgIpc) is 3.40. The molecule has 0 unspecified atom stereocenters. The van der Waals surface area contributed by atoms with Gasteiger partial charge in [-0.25, -0.2) is 0 Å². The Balaban J connectivity index is 1.37. The fourth-order valence-electron chi connectivity index (χ4n) is 3.41. The van der Waals surface area contributed by atoms with Crippen LogP contribution >= 0.6 is 0 Å². The van der Waals surface area contributed by atoms with Gasteiger partial charge < -0.3 is 14.6 Å². The number of likely N-dealkylation sites (tertiary alicyclic amines) is 1. The molecule has 1 amide bonds. The van der Waals surface area contributed by atoms with E-state index in [2.05, 4.69) is 26.4 Å². The van der Waals surface area contributed by atoms with Crippen molar-refractivity contribution in [3.63, 3.8) is 0 Å². The van der Waals surface area contributed by atoms with Crippen LogP contribution in [0.4, 0.5) is 5.69 Å². The van der Waals surface area contributed by atoms with Gasteiger partial charge in [0.05, 0.1) is 0 Å². The molecule has 2 heterocycles. The van der Waals surface area contributed by atoms with Crippen molar-refractivity contribution >= 4 is 11.6 Å². The molecule has 4 rings (SSSR count). The first-order valence-electron chi connectivity index (χ1n) is 9.81. The molecule has 0 atom stereocenters. The maximum atomic E-state index is 12.7. The monoisotopic (exact) mass is 392 g/mol. The number of para-hydroxylation sites is 1. The van der Waals surface area contributed by atoms with E-state index in [1.807, 2.05) is 18.2 Å². The summed E-state index contributed by atoms with van der Waals surface area (Å²) in [5.74, 6) is 1.48. The van der Waals surface area contributed by atoms with Gasteiger partial charge in [-0.3, -0.25) is 9.69 Å². The number of amides is 1. The summed E-state index contributed by atoms with van der Waals surface area (Å²) in [4.78, 5) is 19.2. The van der Waals surface area contributed by atoms with Crippen molar-refractivity contribution < 1.29 is 14.1 Å². The molecule has 0 radical (unpaired) electrons. The molecule has 1 fully saturated rings. The SMILES string of the molecule is Cc1nc(COc2ccc(C(=O)Nc3ccccc3CN3CCCC3)cc2)no1. The highest BCUT2D eigenvalue weighted by atomic mass is 16.5. The molecule has 1 aliphatic heterocycles. The topological polar surface area (TPSA) is 80.5 Å². The molecule has 1 saturated heterocycles. The van der Waals surface area contributed by atoms with Crippen LogP contribution in [0.2, 0.25) is 0 Å². The van der Waals surface area contributed by atoms with E-state index in [0.29, 0.717) is 23.0 Å². The average molecular weight is 392 g/mol. The number of rotatable bonds is 7. The fourth-order valence-corrected chi connectivity index (χ4v) is 3.41. The van der Waals surface area contributed by atoms with E-state index in [0.717, 1.165) is 30.9 Å². The number of nitrogens with zero attached hydrogens (tertiary/aromatic N) is 3. The molecule has 150 valence electrons. The van der Waals surface area contributed by atoms with Gasteiger partial charge in [-0.15, -0.1) is 0 Å². The number of aryl methyl sites for hydroxylation is 1. The first-order valence-corrected chi connectivity index (χ1v) is 9.81. The molecular weight excluding hydrogens is 368 g/mol. The smallest absolute Gasteiger partial charge is 0.255 e. The Hall–Kier alpha value is -3.19. The van der Waals surface area contributed by atoms with Crippen LogP contribution in [0.15, 0.2) is 53.1 Å². The van der Waals surface area contributed by atoms with Crippen LogP contribution in [0.25, 0.3) is 0 Å². The van der Waals surface area contributed by atoms with Gasteiger partial charge in [-0.2, -0.15) is 4.98 Å². The summed E-state index contributed by atoms with van der Waals surface area (Å²) in [7, 11) is 0. The van der Waals surface area contributed by atoms with Gasteiger partial charge >= 0.3 is 0 Å². The largest absolute Gasteiger partial charge is 0.485 e. The first-order chi connectivity index (χ1) is 14.2. The molecule has 1 N–H and O–H groups in total. The van der Waals surface area contributed by atoms with Crippen molar-refractivity contribution in [2.75, 3.05) is 18.4 Å². The Morgan fingerprint density at radius 1 is 1.14 bits per heavy atom. The van der Waals surface area contributed by atoms with Gasteiger partial charge in [0.15, 0.2) is 6.61 Å².